The Morgan fingerprint density at radius 3 is 1.53 bits per heavy atom. The number of allylic oxidation sites excluding steroid dienone is 5. The molecule has 7 unspecified atom stereocenters. The van der Waals surface area contributed by atoms with Gasteiger partial charge < -0.3 is 40.3 Å². The van der Waals surface area contributed by atoms with E-state index >= 15 is 0 Å². The van der Waals surface area contributed by atoms with Gasteiger partial charge >= 0.3 is 0 Å². The molecule has 1 rings (SSSR count). The Labute approximate surface area is 336 Å². The van der Waals surface area contributed by atoms with Crippen LogP contribution in [-0.2, 0) is 14.3 Å². The fourth-order valence-corrected chi connectivity index (χ4v) is 7.01. The molecule has 9 nitrogen and oxygen atoms in total. The van der Waals surface area contributed by atoms with Crippen molar-refractivity contribution in [3.63, 3.8) is 0 Å². The van der Waals surface area contributed by atoms with Crippen LogP contribution in [0.2, 0.25) is 0 Å². The standard InChI is InChI=1S/C46H85NO8/c1-3-5-7-9-11-12-13-14-15-16-17-18-19-20-21-22-23-24-25-26-27-28-30-31-33-35-40(49)39(47-42(50)36-34-32-29-10-8-6-4-2)38-54-46-45(53)44(52)43(51)41(37-48)55-46/h23-24,27-28,33,35,39-41,43-46,48-49,51-53H,3-22,25-26,29-32,34,36-38H2,1-2H3,(H,47,50)/b24-23+,28-27+,35-33+. The van der Waals surface area contributed by atoms with Gasteiger partial charge in [0.05, 0.1) is 25.4 Å². The molecule has 0 aromatic carbocycles. The number of carbonyl (C=O) groups excluding carboxylic acids is 1. The van der Waals surface area contributed by atoms with Crippen LogP contribution in [0.1, 0.15) is 194 Å². The highest BCUT2D eigenvalue weighted by molar-refractivity contribution is 5.76. The molecule has 1 aliphatic heterocycles. The molecule has 1 fully saturated rings. The maximum Gasteiger partial charge on any atom is 0.220 e. The van der Waals surface area contributed by atoms with Gasteiger partial charge in [-0.1, -0.05) is 179 Å². The Morgan fingerprint density at radius 2 is 1.04 bits per heavy atom. The minimum absolute atomic E-state index is 0.199. The number of ether oxygens (including phenoxy) is 2. The molecular weight excluding hydrogens is 695 g/mol. The topological polar surface area (TPSA) is 149 Å². The van der Waals surface area contributed by atoms with Crippen molar-refractivity contribution in [2.75, 3.05) is 13.2 Å². The summed E-state index contributed by atoms with van der Waals surface area (Å²) < 4.78 is 11.1. The summed E-state index contributed by atoms with van der Waals surface area (Å²) in [5.74, 6) is -0.199. The van der Waals surface area contributed by atoms with E-state index < -0.39 is 49.5 Å². The first-order chi connectivity index (χ1) is 26.8. The zero-order chi connectivity index (χ0) is 40.2. The van der Waals surface area contributed by atoms with Crippen LogP contribution in [0.15, 0.2) is 36.5 Å². The third kappa shape index (κ3) is 27.6. The average Bonchev–Trinajstić information content (AvgIpc) is 3.18. The molecule has 7 atom stereocenters. The van der Waals surface area contributed by atoms with E-state index in [1.807, 2.05) is 6.08 Å². The van der Waals surface area contributed by atoms with Gasteiger partial charge in [0.15, 0.2) is 6.29 Å². The lowest BCUT2D eigenvalue weighted by molar-refractivity contribution is -0.302. The first-order valence-electron chi connectivity index (χ1n) is 22.7. The number of hydrogen-bond acceptors (Lipinski definition) is 8. The molecule has 1 amide bonds. The number of amides is 1. The minimum Gasteiger partial charge on any atom is -0.394 e. The summed E-state index contributed by atoms with van der Waals surface area (Å²) in [4.78, 5) is 12.8. The van der Waals surface area contributed by atoms with Crippen LogP contribution in [0, 0.1) is 0 Å². The average molecular weight is 780 g/mol. The second kappa shape index (κ2) is 36.7. The van der Waals surface area contributed by atoms with Crippen LogP contribution in [0.3, 0.4) is 0 Å². The molecule has 1 saturated heterocycles. The van der Waals surface area contributed by atoms with Crippen LogP contribution in [0.5, 0.6) is 0 Å². The summed E-state index contributed by atoms with van der Waals surface area (Å²) in [7, 11) is 0. The molecule has 0 spiro atoms. The van der Waals surface area contributed by atoms with Gasteiger partial charge in [0, 0.05) is 6.42 Å². The van der Waals surface area contributed by atoms with Gasteiger partial charge in [-0.2, -0.15) is 0 Å². The van der Waals surface area contributed by atoms with Gasteiger partial charge in [0.25, 0.3) is 0 Å². The summed E-state index contributed by atoms with van der Waals surface area (Å²) in [5.41, 5.74) is 0. The molecule has 0 bridgehead atoms. The van der Waals surface area contributed by atoms with Crippen molar-refractivity contribution in [1.82, 2.24) is 5.32 Å². The summed E-state index contributed by atoms with van der Waals surface area (Å²) >= 11 is 0. The largest absolute Gasteiger partial charge is 0.394 e. The summed E-state index contributed by atoms with van der Waals surface area (Å²) in [6, 6.07) is -0.822. The molecule has 0 saturated carbocycles. The summed E-state index contributed by atoms with van der Waals surface area (Å²) in [6.07, 6.45) is 38.0. The van der Waals surface area contributed by atoms with E-state index in [0.29, 0.717) is 6.42 Å². The number of unbranched alkanes of at least 4 members (excludes halogenated alkanes) is 23. The lowest BCUT2D eigenvalue weighted by Gasteiger charge is -2.40. The van der Waals surface area contributed by atoms with Crippen LogP contribution in [0.4, 0.5) is 0 Å². The van der Waals surface area contributed by atoms with E-state index in [1.165, 1.54) is 128 Å². The van der Waals surface area contributed by atoms with Crippen LogP contribution < -0.4 is 5.32 Å². The number of nitrogens with one attached hydrogen (secondary N) is 1. The van der Waals surface area contributed by atoms with E-state index in [2.05, 4.69) is 43.5 Å². The van der Waals surface area contributed by atoms with Crippen molar-refractivity contribution >= 4 is 5.91 Å². The number of aliphatic hydroxyl groups excluding tert-OH is 5. The van der Waals surface area contributed by atoms with Crippen LogP contribution in [0.25, 0.3) is 0 Å². The molecule has 6 N–H and O–H groups in total. The minimum atomic E-state index is -1.57. The van der Waals surface area contributed by atoms with Crippen LogP contribution in [-0.4, -0.2) is 87.5 Å². The van der Waals surface area contributed by atoms with E-state index in [4.69, 9.17) is 9.47 Å². The highest BCUT2D eigenvalue weighted by atomic mass is 16.7. The predicted molar refractivity (Wildman–Crippen MR) is 226 cm³/mol. The SMILES string of the molecule is CCCCCCCCCCCCCCCCC/C=C/CC/C=C/CC/C=C/C(O)C(COC1OC(CO)C(O)C(O)C1O)NC(=O)CCCCCCCCC. The van der Waals surface area contributed by atoms with Gasteiger partial charge in [-0.3, -0.25) is 4.79 Å². The zero-order valence-corrected chi connectivity index (χ0v) is 35.2. The van der Waals surface area contributed by atoms with Gasteiger partial charge in [-0.25, -0.2) is 0 Å². The first-order valence-corrected chi connectivity index (χ1v) is 22.7. The van der Waals surface area contributed by atoms with Crippen molar-refractivity contribution in [2.24, 2.45) is 0 Å². The van der Waals surface area contributed by atoms with Crippen molar-refractivity contribution < 1.29 is 39.8 Å². The molecule has 322 valence electrons. The normalized spacial score (nSPS) is 21.6. The molecular formula is C46H85NO8. The van der Waals surface area contributed by atoms with Gasteiger partial charge in [0.2, 0.25) is 5.91 Å². The quantitative estimate of drug-likeness (QED) is 0.0270. The first kappa shape index (κ1) is 51.4. The Morgan fingerprint density at radius 1 is 0.600 bits per heavy atom. The number of aliphatic hydroxyl groups is 5. The van der Waals surface area contributed by atoms with Crippen molar-refractivity contribution in [3.05, 3.63) is 36.5 Å². The number of hydrogen-bond donors (Lipinski definition) is 6. The third-order valence-corrected chi connectivity index (χ3v) is 10.7. The third-order valence-electron chi connectivity index (χ3n) is 10.7. The molecule has 0 aromatic heterocycles. The van der Waals surface area contributed by atoms with E-state index in [1.54, 1.807) is 6.08 Å². The molecule has 1 heterocycles. The Balaban J connectivity index is 2.28. The maximum atomic E-state index is 12.8. The smallest absolute Gasteiger partial charge is 0.220 e. The zero-order valence-electron chi connectivity index (χ0n) is 35.2. The van der Waals surface area contributed by atoms with Gasteiger partial charge in [0.1, 0.15) is 24.4 Å². The summed E-state index contributed by atoms with van der Waals surface area (Å²) in [6.45, 7) is 3.69. The highest BCUT2D eigenvalue weighted by Crippen LogP contribution is 2.22. The lowest BCUT2D eigenvalue weighted by atomic mass is 9.99. The summed E-state index contributed by atoms with van der Waals surface area (Å²) in [5, 5.41) is 53.9. The molecule has 0 aromatic rings. The van der Waals surface area contributed by atoms with E-state index in [-0.39, 0.29) is 12.5 Å². The van der Waals surface area contributed by atoms with Crippen LogP contribution >= 0.6 is 0 Å². The van der Waals surface area contributed by atoms with Crippen molar-refractivity contribution in [2.45, 2.75) is 236 Å². The molecule has 0 radical (unpaired) electrons. The second-order valence-electron chi connectivity index (χ2n) is 15.8. The maximum absolute atomic E-state index is 12.8. The monoisotopic (exact) mass is 780 g/mol. The fraction of sp³-hybridized carbons (Fsp3) is 0.848. The lowest BCUT2D eigenvalue weighted by Crippen LogP contribution is -2.60. The molecule has 55 heavy (non-hydrogen) atoms. The number of rotatable bonds is 37. The predicted octanol–water partition coefficient (Wildman–Crippen LogP) is 9.28. The number of carbonyl (C=O) groups is 1. The molecule has 1 aliphatic rings. The Kier molecular flexibility index (Phi) is 34.3. The van der Waals surface area contributed by atoms with Gasteiger partial charge in [-0.05, 0) is 44.9 Å². The molecule has 9 heteroatoms. The van der Waals surface area contributed by atoms with E-state index in [0.717, 1.165) is 44.9 Å². The van der Waals surface area contributed by atoms with Gasteiger partial charge in [-0.15, -0.1) is 0 Å². The van der Waals surface area contributed by atoms with Crippen molar-refractivity contribution in [1.29, 1.82) is 0 Å². The van der Waals surface area contributed by atoms with E-state index in [9.17, 15) is 30.3 Å². The Bertz CT molecular complexity index is 956. The van der Waals surface area contributed by atoms with Crippen molar-refractivity contribution in [3.8, 4) is 0 Å². The fourth-order valence-electron chi connectivity index (χ4n) is 7.01. The Hall–Kier alpha value is -1.59. The highest BCUT2D eigenvalue weighted by Gasteiger charge is 2.44. The molecule has 0 aliphatic carbocycles. The second-order valence-corrected chi connectivity index (χ2v) is 15.8.